The maximum Gasteiger partial charge on any atom is 0.152 e. The summed E-state index contributed by atoms with van der Waals surface area (Å²) in [5.41, 5.74) is 2.06. The first-order valence-corrected chi connectivity index (χ1v) is 6.72. The zero-order valence-corrected chi connectivity index (χ0v) is 11.1. The average Bonchev–Trinajstić information content (AvgIpc) is 3.00. The Morgan fingerprint density at radius 2 is 2.32 bits per heavy atom. The van der Waals surface area contributed by atoms with E-state index < -0.39 is 0 Å². The molecule has 1 fully saturated rings. The van der Waals surface area contributed by atoms with E-state index in [0.29, 0.717) is 12.6 Å². The molecule has 2 aromatic heterocycles. The van der Waals surface area contributed by atoms with Crippen LogP contribution in [0.4, 0.5) is 0 Å². The lowest BCUT2D eigenvalue weighted by Crippen LogP contribution is -2.28. The van der Waals surface area contributed by atoms with Crippen molar-refractivity contribution < 1.29 is 9.52 Å². The molecule has 1 aliphatic rings. The molecule has 2 N–H and O–H groups in total. The number of nitrogens with one attached hydrogen (secondary N) is 1. The molecule has 0 spiro atoms. The van der Waals surface area contributed by atoms with Gasteiger partial charge in [0.25, 0.3) is 0 Å². The molecular formula is C14H19N3O2. The van der Waals surface area contributed by atoms with Gasteiger partial charge in [-0.2, -0.15) is 5.10 Å². The van der Waals surface area contributed by atoms with Crippen LogP contribution in [0.25, 0.3) is 11.5 Å². The third kappa shape index (κ3) is 2.72. The summed E-state index contributed by atoms with van der Waals surface area (Å²) in [6, 6.07) is 4.53. The molecule has 19 heavy (non-hydrogen) atoms. The minimum atomic E-state index is 0.198. The topological polar surface area (TPSA) is 65.3 Å². The molecule has 5 heteroatoms. The lowest BCUT2D eigenvalue weighted by atomic mass is 10.2. The molecule has 5 nitrogen and oxygen atoms in total. The summed E-state index contributed by atoms with van der Waals surface area (Å²) in [5.74, 6) is 1.72. The number of aromatic nitrogens is 2. The Bertz CT molecular complexity index is 542. The number of aliphatic hydroxyl groups excluding tert-OH is 1. The fourth-order valence-electron chi connectivity index (χ4n) is 2.39. The summed E-state index contributed by atoms with van der Waals surface area (Å²) in [5, 5.41) is 16.3. The third-order valence-electron chi connectivity index (χ3n) is 3.53. The van der Waals surface area contributed by atoms with E-state index in [1.165, 1.54) is 12.8 Å². The van der Waals surface area contributed by atoms with Gasteiger partial charge in [0.2, 0.25) is 0 Å². The smallest absolute Gasteiger partial charge is 0.152 e. The van der Waals surface area contributed by atoms with Crippen LogP contribution < -0.4 is 0 Å². The molecule has 1 saturated carbocycles. The van der Waals surface area contributed by atoms with Crippen LogP contribution in [0.15, 0.2) is 22.7 Å². The van der Waals surface area contributed by atoms with Gasteiger partial charge in [-0.3, -0.25) is 10.00 Å². The number of hydrogen-bond donors (Lipinski definition) is 2. The highest BCUT2D eigenvalue weighted by molar-refractivity contribution is 5.56. The number of furan rings is 1. The van der Waals surface area contributed by atoms with E-state index in [1.54, 1.807) is 0 Å². The zero-order chi connectivity index (χ0) is 13.2. The lowest BCUT2D eigenvalue weighted by Gasteiger charge is -2.20. The predicted molar refractivity (Wildman–Crippen MR) is 71.5 cm³/mol. The molecule has 1 aliphatic carbocycles. The number of aryl methyl sites for hydroxylation is 1. The van der Waals surface area contributed by atoms with Gasteiger partial charge >= 0.3 is 0 Å². The van der Waals surface area contributed by atoms with Crippen molar-refractivity contribution in [2.24, 2.45) is 0 Å². The summed E-state index contributed by atoms with van der Waals surface area (Å²) in [4.78, 5) is 2.31. The number of rotatable bonds is 6. The summed E-state index contributed by atoms with van der Waals surface area (Å²) < 4.78 is 5.65. The maximum atomic E-state index is 9.15. The highest BCUT2D eigenvalue weighted by Gasteiger charge is 2.29. The Kier molecular flexibility index (Phi) is 3.40. The van der Waals surface area contributed by atoms with Crippen molar-refractivity contribution in [3.63, 3.8) is 0 Å². The van der Waals surface area contributed by atoms with Gasteiger partial charge in [-0.1, -0.05) is 0 Å². The van der Waals surface area contributed by atoms with Gasteiger partial charge in [-0.25, -0.2) is 0 Å². The lowest BCUT2D eigenvalue weighted by molar-refractivity contribution is 0.183. The van der Waals surface area contributed by atoms with Gasteiger partial charge < -0.3 is 9.52 Å². The quantitative estimate of drug-likeness (QED) is 0.834. The second-order valence-electron chi connectivity index (χ2n) is 5.11. The van der Waals surface area contributed by atoms with E-state index in [-0.39, 0.29) is 6.61 Å². The Hall–Kier alpha value is -1.59. The van der Waals surface area contributed by atoms with Crippen molar-refractivity contribution in [3.05, 3.63) is 29.7 Å². The largest absolute Gasteiger partial charge is 0.460 e. The molecular weight excluding hydrogens is 242 g/mol. The van der Waals surface area contributed by atoms with Gasteiger partial charge in [0.05, 0.1) is 12.8 Å². The van der Waals surface area contributed by atoms with E-state index in [4.69, 9.17) is 9.52 Å². The van der Waals surface area contributed by atoms with Crippen molar-refractivity contribution in [1.82, 2.24) is 15.1 Å². The first-order chi connectivity index (χ1) is 9.28. The average molecular weight is 261 g/mol. The van der Waals surface area contributed by atoms with E-state index in [0.717, 1.165) is 29.3 Å². The number of aromatic amines is 1. The van der Waals surface area contributed by atoms with Crippen LogP contribution >= 0.6 is 0 Å². The molecule has 0 unspecified atom stereocenters. The normalized spacial score (nSPS) is 15.3. The summed E-state index contributed by atoms with van der Waals surface area (Å²) >= 11 is 0. The monoisotopic (exact) mass is 261 g/mol. The molecule has 0 bridgehead atoms. The second-order valence-corrected chi connectivity index (χ2v) is 5.11. The number of nitrogens with zero attached hydrogens (tertiary/aromatic N) is 2. The van der Waals surface area contributed by atoms with Crippen LogP contribution in [0.3, 0.4) is 0 Å². The Labute approximate surface area is 112 Å². The zero-order valence-electron chi connectivity index (χ0n) is 11.1. The van der Waals surface area contributed by atoms with E-state index in [2.05, 4.69) is 15.1 Å². The van der Waals surface area contributed by atoms with Gasteiger partial charge in [0.15, 0.2) is 5.76 Å². The highest BCUT2D eigenvalue weighted by Crippen LogP contribution is 2.30. The fraction of sp³-hybridized carbons (Fsp3) is 0.500. The minimum absolute atomic E-state index is 0.198. The molecule has 0 saturated heterocycles. The second kappa shape index (κ2) is 5.19. The molecule has 102 valence electrons. The van der Waals surface area contributed by atoms with Crippen molar-refractivity contribution >= 4 is 0 Å². The Morgan fingerprint density at radius 1 is 1.47 bits per heavy atom. The number of aliphatic hydroxyl groups is 1. The molecule has 2 aromatic rings. The Balaban J connectivity index is 1.79. The van der Waals surface area contributed by atoms with Crippen LogP contribution in [-0.4, -0.2) is 39.4 Å². The Morgan fingerprint density at radius 3 is 2.95 bits per heavy atom. The molecule has 0 aliphatic heterocycles. The van der Waals surface area contributed by atoms with Crippen LogP contribution in [0.5, 0.6) is 0 Å². The van der Waals surface area contributed by atoms with Crippen molar-refractivity contribution in [2.75, 3.05) is 13.2 Å². The SMILES string of the molecule is Cc1ccc(-c2[nH]ncc2CN(CCO)C2CC2)o1. The van der Waals surface area contributed by atoms with Crippen molar-refractivity contribution in [3.8, 4) is 11.5 Å². The number of H-pyrrole nitrogens is 1. The van der Waals surface area contributed by atoms with Gasteiger partial charge in [-0.05, 0) is 31.9 Å². The van der Waals surface area contributed by atoms with Gasteiger partial charge in [0.1, 0.15) is 11.5 Å². The molecule has 0 amide bonds. The first-order valence-electron chi connectivity index (χ1n) is 6.72. The molecule has 0 radical (unpaired) electrons. The summed E-state index contributed by atoms with van der Waals surface area (Å²) in [6.07, 6.45) is 4.31. The van der Waals surface area contributed by atoms with Gasteiger partial charge in [0, 0.05) is 24.7 Å². The van der Waals surface area contributed by atoms with Crippen LogP contribution in [0, 0.1) is 6.92 Å². The van der Waals surface area contributed by atoms with Crippen LogP contribution in [0.2, 0.25) is 0 Å². The third-order valence-corrected chi connectivity index (χ3v) is 3.53. The van der Waals surface area contributed by atoms with Crippen LogP contribution in [-0.2, 0) is 6.54 Å². The molecule has 2 heterocycles. The molecule has 3 rings (SSSR count). The van der Waals surface area contributed by atoms with E-state index >= 15 is 0 Å². The van der Waals surface area contributed by atoms with E-state index in [1.807, 2.05) is 25.3 Å². The number of hydrogen-bond acceptors (Lipinski definition) is 4. The molecule has 0 aromatic carbocycles. The standard InChI is InChI=1S/C14H19N3O2/c1-10-2-5-13(19-10)14-11(8-15-16-14)9-17(6-7-18)12-3-4-12/h2,5,8,12,18H,3-4,6-7,9H2,1H3,(H,15,16). The van der Waals surface area contributed by atoms with Gasteiger partial charge in [-0.15, -0.1) is 0 Å². The fourth-order valence-corrected chi connectivity index (χ4v) is 2.39. The maximum absolute atomic E-state index is 9.15. The van der Waals surface area contributed by atoms with E-state index in [9.17, 15) is 0 Å². The van der Waals surface area contributed by atoms with Crippen LogP contribution in [0.1, 0.15) is 24.2 Å². The summed E-state index contributed by atoms with van der Waals surface area (Å²) in [7, 11) is 0. The minimum Gasteiger partial charge on any atom is -0.460 e. The molecule has 0 atom stereocenters. The first kappa shape index (κ1) is 12.4. The highest BCUT2D eigenvalue weighted by atomic mass is 16.3. The van der Waals surface area contributed by atoms with Crippen molar-refractivity contribution in [1.29, 1.82) is 0 Å². The predicted octanol–water partition coefficient (Wildman–Crippen LogP) is 1.93. The van der Waals surface area contributed by atoms with Crippen molar-refractivity contribution in [2.45, 2.75) is 32.4 Å². The summed E-state index contributed by atoms with van der Waals surface area (Å²) in [6.45, 7) is 3.65.